The normalized spacial score (nSPS) is 15.8. The van der Waals surface area contributed by atoms with Gasteiger partial charge in [-0.05, 0) is 46.5 Å². The van der Waals surface area contributed by atoms with E-state index in [1.165, 1.54) is 36.4 Å². The van der Waals surface area contributed by atoms with Gasteiger partial charge in [0.25, 0.3) is 12.2 Å². The molecule has 2 amide bonds. The maximum absolute atomic E-state index is 14.5. The molecule has 0 aromatic heterocycles. The van der Waals surface area contributed by atoms with Crippen LogP contribution in [0.5, 0.6) is 0 Å². The standard InChI is InChI=1S/C21H18F8N2O2.C21H19F7N2O2/c22-16-3-1-2-13(10-16)14-4-5-15(17(23)11-14)12-30-6-8-31(9-7-30)19(32)33-18(20(24,25)26)21(27,28)29;22-17-12-15(14-4-2-1-3-5-14)6-7-16(17)13-29-8-10-30(11-9-29)19(31)32-18(20(23,24)25)21(26,27)28/h1-5,10-11,18H,6-9,12H2;1-7,12,18H,8-11,13H2. The highest BCUT2D eigenvalue weighted by molar-refractivity contribution is 5.69. The van der Waals surface area contributed by atoms with Crippen LogP contribution in [-0.4, -0.2) is 121 Å². The number of rotatable bonds is 8. The number of hydrogen-bond donors (Lipinski definition) is 0. The fourth-order valence-corrected chi connectivity index (χ4v) is 6.66. The third-order valence-electron chi connectivity index (χ3n) is 10.0. The lowest BCUT2D eigenvalue weighted by atomic mass is 10.0. The van der Waals surface area contributed by atoms with Crippen LogP contribution in [-0.2, 0) is 22.6 Å². The Kier molecular flexibility index (Phi) is 16.0. The van der Waals surface area contributed by atoms with Crippen LogP contribution in [0.15, 0.2) is 91.0 Å². The summed E-state index contributed by atoms with van der Waals surface area (Å²) >= 11 is 0. The van der Waals surface area contributed by atoms with Gasteiger partial charge < -0.3 is 19.3 Å². The number of amides is 2. The van der Waals surface area contributed by atoms with E-state index in [0.29, 0.717) is 27.8 Å². The number of ether oxygens (including phenoxy) is 2. The summed E-state index contributed by atoms with van der Waals surface area (Å²) in [5, 5.41) is 0. The van der Waals surface area contributed by atoms with Gasteiger partial charge in [-0.2, -0.15) is 52.7 Å². The molecule has 0 bridgehead atoms. The second-order valence-electron chi connectivity index (χ2n) is 14.7. The van der Waals surface area contributed by atoms with Gasteiger partial charge in [-0.15, -0.1) is 0 Å². The molecule has 0 unspecified atom stereocenters. The summed E-state index contributed by atoms with van der Waals surface area (Å²) in [4.78, 5) is 28.6. The molecule has 2 heterocycles. The van der Waals surface area contributed by atoms with Gasteiger partial charge in [0.15, 0.2) is 0 Å². The number of piperazine rings is 2. The van der Waals surface area contributed by atoms with E-state index in [0.717, 1.165) is 15.4 Å². The summed E-state index contributed by atoms with van der Waals surface area (Å²) in [7, 11) is 0. The van der Waals surface area contributed by atoms with Gasteiger partial charge in [-0.25, -0.2) is 22.8 Å². The van der Waals surface area contributed by atoms with Crippen LogP contribution in [0.3, 0.4) is 0 Å². The average molecular weight is 947 g/mol. The van der Waals surface area contributed by atoms with Crippen molar-refractivity contribution in [2.24, 2.45) is 0 Å². The second kappa shape index (κ2) is 20.6. The summed E-state index contributed by atoms with van der Waals surface area (Å²) < 4.78 is 201. The first-order valence-corrected chi connectivity index (χ1v) is 19.3. The number of nitrogens with zero attached hydrogens (tertiary/aromatic N) is 4. The Morgan fingerprint density at radius 3 is 1.15 bits per heavy atom. The largest absolute Gasteiger partial charge is 0.434 e. The minimum Gasteiger partial charge on any atom is -0.426 e. The first-order valence-electron chi connectivity index (χ1n) is 19.3. The van der Waals surface area contributed by atoms with Crippen molar-refractivity contribution in [3.05, 3.63) is 120 Å². The molecule has 23 heteroatoms. The number of alkyl halides is 12. The van der Waals surface area contributed by atoms with Crippen molar-refractivity contribution >= 4 is 12.2 Å². The van der Waals surface area contributed by atoms with Crippen molar-refractivity contribution < 1.29 is 84.9 Å². The number of halogens is 15. The molecule has 2 aliphatic rings. The van der Waals surface area contributed by atoms with Crippen molar-refractivity contribution in [1.82, 2.24) is 19.6 Å². The molecule has 2 aliphatic heterocycles. The second-order valence-corrected chi connectivity index (χ2v) is 14.7. The lowest BCUT2D eigenvalue weighted by Crippen LogP contribution is -2.52. The van der Waals surface area contributed by atoms with Crippen molar-refractivity contribution in [3.8, 4) is 22.3 Å². The zero-order chi connectivity index (χ0) is 47.9. The van der Waals surface area contributed by atoms with E-state index in [9.17, 15) is 75.4 Å². The Morgan fingerprint density at radius 1 is 0.446 bits per heavy atom. The highest BCUT2D eigenvalue weighted by atomic mass is 19.4. The summed E-state index contributed by atoms with van der Waals surface area (Å²) in [5.74, 6) is -1.46. The van der Waals surface area contributed by atoms with Crippen molar-refractivity contribution in [2.45, 2.75) is 50.0 Å². The quantitative estimate of drug-likeness (QED) is 0.164. The van der Waals surface area contributed by atoms with E-state index in [2.05, 4.69) is 9.47 Å². The maximum Gasteiger partial charge on any atom is 0.434 e. The fraction of sp³-hybridized carbons (Fsp3) is 0.381. The summed E-state index contributed by atoms with van der Waals surface area (Å²) in [6.07, 6.45) is -34.9. The molecule has 0 N–H and O–H groups in total. The zero-order valence-electron chi connectivity index (χ0n) is 33.5. The Labute approximate surface area is 360 Å². The molecule has 4 aromatic rings. The minimum atomic E-state index is -5.79. The summed E-state index contributed by atoms with van der Waals surface area (Å²) in [5.41, 5.74) is 3.18. The van der Waals surface area contributed by atoms with Crippen LogP contribution in [0, 0.1) is 17.5 Å². The number of carbonyl (C=O) groups excluding carboxylic acids is 2. The van der Waals surface area contributed by atoms with Gasteiger partial charge in [0.05, 0.1) is 0 Å². The monoisotopic (exact) mass is 946 g/mol. The van der Waals surface area contributed by atoms with Crippen LogP contribution in [0.1, 0.15) is 11.1 Å². The molecule has 0 spiro atoms. The molecule has 8 nitrogen and oxygen atoms in total. The van der Waals surface area contributed by atoms with E-state index >= 15 is 0 Å². The van der Waals surface area contributed by atoms with Crippen molar-refractivity contribution in [3.63, 3.8) is 0 Å². The Morgan fingerprint density at radius 2 is 0.800 bits per heavy atom. The van der Waals surface area contributed by atoms with Crippen LogP contribution in [0.25, 0.3) is 22.3 Å². The number of benzene rings is 4. The third-order valence-corrected chi connectivity index (χ3v) is 10.0. The topological polar surface area (TPSA) is 65.6 Å². The number of hydrogen-bond acceptors (Lipinski definition) is 6. The SMILES string of the molecule is O=C(OC(C(F)(F)F)C(F)(F)F)N1CCN(Cc2ccc(-c3cccc(F)c3)cc2F)CC1.O=C(OC(C(F)(F)F)C(F)(F)F)N1CCN(Cc2ccc(-c3ccccc3)cc2F)CC1. The highest BCUT2D eigenvalue weighted by Crippen LogP contribution is 2.37. The fourth-order valence-electron chi connectivity index (χ4n) is 6.66. The molecule has 2 fully saturated rings. The lowest BCUT2D eigenvalue weighted by molar-refractivity contribution is -0.309. The van der Waals surface area contributed by atoms with E-state index < -0.39 is 66.6 Å². The number of carbonyl (C=O) groups is 2. The molecule has 0 atom stereocenters. The molecular formula is C42H37F15N4O4. The molecule has 6 rings (SSSR count). The maximum atomic E-state index is 14.5. The molecular weight excluding hydrogens is 909 g/mol. The van der Waals surface area contributed by atoms with Crippen LogP contribution in [0.2, 0.25) is 0 Å². The Hall–Kier alpha value is -5.71. The van der Waals surface area contributed by atoms with Gasteiger partial charge in [0, 0.05) is 76.6 Å². The average Bonchev–Trinajstić information content (AvgIpc) is 3.22. The Bertz CT molecular complexity index is 2190. The van der Waals surface area contributed by atoms with E-state index in [1.54, 1.807) is 34.1 Å². The lowest BCUT2D eigenvalue weighted by Gasteiger charge is -2.35. The summed E-state index contributed by atoms with van der Waals surface area (Å²) in [6, 6.07) is 24.0. The molecule has 4 aromatic carbocycles. The van der Waals surface area contributed by atoms with Gasteiger partial charge in [-0.1, -0.05) is 66.7 Å². The minimum absolute atomic E-state index is 0.0862. The van der Waals surface area contributed by atoms with E-state index in [1.807, 2.05) is 30.3 Å². The molecule has 0 aliphatic carbocycles. The predicted molar refractivity (Wildman–Crippen MR) is 202 cm³/mol. The molecule has 0 saturated carbocycles. The first kappa shape index (κ1) is 50.3. The van der Waals surface area contributed by atoms with E-state index in [4.69, 9.17) is 0 Å². The molecule has 354 valence electrons. The van der Waals surface area contributed by atoms with Crippen LogP contribution >= 0.6 is 0 Å². The van der Waals surface area contributed by atoms with Crippen LogP contribution in [0.4, 0.5) is 75.4 Å². The third kappa shape index (κ3) is 14.1. The molecule has 2 saturated heterocycles. The highest BCUT2D eigenvalue weighted by Gasteiger charge is 2.61. The van der Waals surface area contributed by atoms with Gasteiger partial charge >= 0.3 is 36.9 Å². The van der Waals surface area contributed by atoms with Gasteiger partial charge in [0.2, 0.25) is 0 Å². The molecule has 65 heavy (non-hydrogen) atoms. The van der Waals surface area contributed by atoms with Crippen LogP contribution < -0.4 is 0 Å². The smallest absolute Gasteiger partial charge is 0.426 e. The van der Waals surface area contributed by atoms with Crippen molar-refractivity contribution in [2.75, 3.05) is 52.4 Å². The zero-order valence-corrected chi connectivity index (χ0v) is 33.5. The Balaban J connectivity index is 0.000000244. The van der Waals surface area contributed by atoms with E-state index in [-0.39, 0.29) is 65.4 Å². The van der Waals surface area contributed by atoms with Gasteiger partial charge in [0.1, 0.15) is 17.5 Å². The van der Waals surface area contributed by atoms with Gasteiger partial charge in [-0.3, -0.25) is 9.80 Å². The first-order chi connectivity index (χ1) is 30.3. The van der Waals surface area contributed by atoms with Crippen molar-refractivity contribution in [1.29, 1.82) is 0 Å². The summed E-state index contributed by atoms with van der Waals surface area (Å²) in [6.45, 7) is 0.0506. The predicted octanol–water partition coefficient (Wildman–Crippen LogP) is 10.6. The molecule has 0 radical (unpaired) electrons.